The van der Waals surface area contributed by atoms with Gasteiger partial charge in [-0.3, -0.25) is 0 Å². The molecule has 1 nitrogen and oxygen atoms in total. The fraction of sp³-hybridized carbons (Fsp3) is 0.200. The van der Waals surface area contributed by atoms with E-state index >= 15 is 0 Å². The van der Waals surface area contributed by atoms with Crippen molar-refractivity contribution in [1.82, 2.24) is 0 Å². The number of benzene rings is 2. The number of alkyl halides is 1. The first-order chi connectivity index (χ1) is 9.56. The van der Waals surface area contributed by atoms with Crippen molar-refractivity contribution >= 4 is 50.7 Å². The molecule has 104 valence electrons. The number of fused-ring (bicyclic) bond motifs is 1. The second kappa shape index (κ2) is 5.76. The maximum atomic E-state index is 6.19. The lowest BCUT2D eigenvalue weighted by molar-refractivity contribution is 0.354. The lowest BCUT2D eigenvalue weighted by Gasteiger charge is -2.15. The van der Waals surface area contributed by atoms with Crippen LogP contribution in [0.4, 0.5) is 0 Å². The summed E-state index contributed by atoms with van der Waals surface area (Å²) in [5.74, 6) is 0.919. The van der Waals surface area contributed by atoms with Crippen molar-refractivity contribution in [1.29, 1.82) is 0 Å². The standard InChI is InChI=1S/C15H10BrCl3O/c16-14(8-1-2-12(18)13(19)6-8)11-7-10(17)5-9-3-4-20-15(9)11/h1-2,5-7,14H,3-4H2. The summed E-state index contributed by atoms with van der Waals surface area (Å²) in [4.78, 5) is -0.0391. The molecule has 1 heterocycles. The predicted octanol–water partition coefficient (Wildman–Crippen LogP) is 6.07. The largest absolute Gasteiger partial charge is 0.493 e. The molecule has 2 aromatic carbocycles. The van der Waals surface area contributed by atoms with Gasteiger partial charge in [-0.05, 0) is 35.4 Å². The van der Waals surface area contributed by atoms with E-state index in [1.54, 1.807) is 6.07 Å². The van der Waals surface area contributed by atoms with Gasteiger partial charge in [0.05, 0.1) is 21.5 Å². The van der Waals surface area contributed by atoms with E-state index in [0.29, 0.717) is 21.7 Å². The molecule has 5 heteroatoms. The summed E-state index contributed by atoms with van der Waals surface area (Å²) in [6, 6.07) is 9.47. The van der Waals surface area contributed by atoms with Crippen molar-refractivity contribution < 1.29 is 4.74 Å². The Bertz CT molecular complexity index is 672. The van der Waals surface area contributed by atoms with Crippen molar-refractivity contribution in [3.8, 4) is 5.75 Å². The molecule has 20 heavy (non-hydrogen) atoms. The molecule has 0 saturated heterocycles. The minimum Gasteiger partial charge on any atom is -0.493 e. The Balaban J connectivity index is 2.06. The van der Waals surface area contributed by atoms with Gasteiger partial charge in [0.15, 0.2) is 0 Å². The minimum absolute atomic E-state index is 0.0391. The Morgan fingerprint density at radius 3 is 2.60 bits per heavy atom. The minimum atomic E-state index is -0.0391. The monoisotopic (exact) mass is 390 g/mol. The fourth-order valence-electron chi connectivity index (χ4n) is 2.34. The van der Waals surface area contributed by atoms with E-state index in [9.17, 15) is 0 Å². The molecule has 1 unspecified atom stereocenters. The second-order valence-corrected chi connectivity index (χ2v) is 6.78. The van der Waals surface area contributed by atoms with Crippen LogP contribution in [0.2, 0.25) is 15.1 Å². The van der Waals surface area contributed by atoms with Crippen LogP contribution in [0, 0.1) is 0 Å². The van der Waals surface area contributed by atoms with Crippen LogP contribution in [0.15, 0.2) is 30.3 Å². The maximum absolute atomic E-state index is 6.19. The molecule has 0 aromatic heterocycles. The first-order valence-corrected chi connectivity index (χ1v) is 8.15. The lowest BCUT2D eigenvalue weighted by Crippen LogP contribution is -1.97. The SMILES string of the molecule is Clc1cc2c(c(C(Br)c3ccc(Cl)c(Cl)c3)c1)OCC2. The Labute approximate surface area is 140 Å². The smallest absolute Gasteiger partial charge is 0.127 e. The predicted molar refractivity (Wildman–Crippen MR) is 87.9 cm³/mol. The van der Waals surface area contributed by atoms with Crippen molar-refractivity contribution in [3.63, 3.8) is 0 Å². The highest BCUT2D eigenvalue weighted by Gasteiger charge is 2.23. The normalized spacial score (nSPS) is 14.8. The summed E-state index contributed by atoms with van der Waals surface area (Å²) < 4.78 is 5.73. The summed E-state index contributed by atoms with van der Waals surface area (Å²) in [5, 5.41) is 1.80. The van der Waals surface area contributed by atoms with Crippen LogP contribution in [0.3, 0.4) is 0 Å². The third-order valence-corrected chi connectivity index (χ3v) is 5.27. The van der Waals surface area contributed by atoms with E-state index in [-0.39, 0.29) is 4.83 Å². The molecular formula is C15H10BrCl3O. The highest BCUT2D eigenvalue weighted by Crippen LogP contribution is 2.43. The van der Waals surface area contributed by atoms with Crippen LogP contribution in [0.1, 0.15) is 21.5 Å². The van der Waals surface area contributed by atoms with Crippen LogP contribution >= 0.6 is 50.7 Å². The zero-order valence-electron chi connectivity index (χ0n) is 10.3. The lowest BCUT2D eigenvalue weighted by atomic mass is 10.0. The Kier molecular flexibility index (Phi) is 4.19. The zero-order chi connectivity index (χ0) is 14.3. The van der Waals surface area contributed by atoms with E-state index in [1.807, 2.05) is 24.3 Å². The number of rotatable bonds is 2. The summed E-state index contributed by atoms with van der Waals surface area (Å²) in [5.41, 5.74) is 3.18. The molecule has 2 aromatic rings. The molecule has 0 amide bonds. The van der Waals surface area contributed by atoms with Gasteiger partial charge in [0.1, 0.15) is 5.75 Å². The molecule has 1 atom stereocenters. The molecule has 0 N–H and O–H groups in total. The quantitative estimate of drug-likeness (QED) is 0.564. The van der Waals surface area contributed by atoms with E-state index in [2.05, 4.69) is 15.9 Å². The first-order valence-electron chi connectivity index (χ1n) is 6.10. The van der Waals surface area contributed by atoms with Crippen LogP contribution in [0.5, 0.6) is 5.75 Å². The van der Waals surface area contributed by atoms with E-state index < -0.39 is 0 Å². The molecule has 0 radical (unpaired) electrons. The number of hydrogen-bond donors (Lipinski definition) is 0. The van der Waals surface area contributed by atoms with Crippen LogP contribution in [-0.4, -0.2) is 6.61 Å². The van der Waals surface area contributed by atoms with Crippen LogP contribution in [0.25, 0.3) is 0 Å². The van der Waals surface area contributed by atoms with Gasteiger partial charge in [0.25, 0.3) is 0 Å². The molecule has 3 rings (SSSR count). The molecule has 1 aliphatic rings. The Hall–Kier alpha value is -0.410. The van der Waals surface area contributed by atoms with Crippen molar-refractivity contribution in [2.24, 2.45) is 0 Å². The van der Waals surface area contributed by atoms with Crippen molar-refractivity contribution in [2.45, 2.75) is 11.2 Å². The average Bonchev–Trinajstić information content (AvgIpc) is 2.88. The summed E-state index contributed by atoms with van der Waals surface area (Å²) in [6.07, 6.45) is 0.893. The van der Waals surface area contributed by atoms with Gasteiger partial charge < -0.3 is 4.74 Å². The average molecular weight is 393 g/mol. The van der Waals surface area contributed by atoms with E-state index in [4.69, 9.17) is 39.5 Å². The zero-order valence-corrected chi connectivity index (χ0v) is 14.2. The van der Waals surface area contributed by atoms with E-state index in [0.717, 1.165) is 28.9 Å². The van der Waals surface area contributed by atoms with E-state index in [1.165, 1.54) is 0 Å². The van der Waals surface area contributed by atoms with Crippen molar-refractivity contribution in [3.05, 3.63) is 62.1 Å². The molecule has 0 bridgehead atoms. The molecule has 0 saturated carbocycles. The summed E-state index contributed by atoms with van der Waals surface area (Å²) in [7, 11) is 0. The topological polar surface area (TPSA) is 9.23 Å². The highest BCUT2D eigenvalue weighted by atomic mass is 79.9. The number of halogens is 4. The van der Waals surface area contributed by atoms with Crippen LogP contribution < -0.4 is 4.74 Å². The third-order valence-electron chi connectivity index (χ3n) is 3.29. The fourth-order valence-corrected chi connectivity index (χ4v) is 3.52. The van der Waals surface area contributed by atoms with Crippen LogP contribution in [-0.2, 0) is 6.42 Å². The molecule has 1 aliphatic heterocycles. The molecule has 0 aliphatic carbocycles. The van der Waals surface area contributed by atoms with Gasteiger partial charge in [0, 0.05) is 17.0 Å². The van der Waals surface area contributed by atoms with Gasteiger partial charge >= 0.3 is 0 Å². The molecular weight excluding hydrogens is 382 g/mol. The Morgan fingerprint density at radius 1 is 1.05 bits per heavy atom. The van der Waals surface area contributed by atoms with Gasteiger partial charge in [-0.2, -0.15) is 0 Å². The van der Waals surface area contributed by atoms with Gasteiger partial charge in [-0.1, -0.05) is 56.8 Å². The second-order valence-electron chi connectivity index (χ2n) is 4.62. The summed E-state index contributed by atoms with van der Waals surface area (Å²) >= 11 is 21.9. The summed E-state index contributed by atoms with van der Waals surface area (Å²) in [6.45, 7) is 0.698. The first kappa shape index (κ1) is 14.5. The molecule has 0 fully saturated rings. The third kappa shape index (κ3) is 2.67. The molecule has 0 spiro atoms. The van der Waals surface area contributed by atoms with Gasteiger partial charge in [-0.25, -0.2) is 0 Å². The van der Waals surface area contributed by atoms with Gasteiger partial charge in [0.2, 0.25) is 0 Å². The van der Waals surface area contributed by atoms with Crippen molar-refractivity contribution in [2.75, 3.05) is 6.61 Å². The highest BCUT2D eigenvalue weighted by molar-refractivity contribution is 9.09. The van der Waals surface area contributed by atoms with Gasteiger partial charge in [-0.15, -0.1) is 0 Å². The maximum Gasteiger partial charge on any atom is 0.127 e. The Morgan fingerprint density at radius 2 is 1.85 bits per heavy atom. The number of ether oxygens (including phenoxy) is 1. The number of hydrogen-bond acceptors (Lipinski definition) is 1.